The Kier molecular flexibility index (Phi) is 6.15. The molecule has 5 rings (SSSR count). The predicted molar refractivity (Wildman–Crippen MR) is 126 cm³/mol. The lowest BCUT2D eigenvalue weighted by atomic mass is 9.77. The van der Waals surface area contributed by atoms with E-state index in [-0.39, 0.29) is 52.5 Å². The van der Waals surface area contributed by atoms with Crippen molar-refractivity contribution in [3.8, 4) is 23.0 Å². The minimum absolute atomic E-state index is 0.0233. The Balaban J connectivity index is 1.71. The largest absolute Gasteiger partial charge is 0.456 e. The summed E-state index contributed by atoms with van der Waals surface area (Å²) in [6, 6.07) is 11.0. The maximum absolute atomic E-state index is 15.2. The van der Waals surface area contributed by atoms with Crippen LogP contribution >= 0.6 is 0 Å². The summed E-state index contributed by atoms with van der Waals surface area (Å²) in [4.78, 5) is 37.0. The molecule has 0 fully saturated rings. The molecule has 2 aliphatic rings. The molecule has 0 amide bonds. The number of carbonyl (C=O) groups excluding carboxylic acids is 3. The number of halogens is 2. The Morgan fingerprint density at radius 1 is 0.811 bits per heavy atom. The van der Waals surface area contributed by atoms with Crippen LogP contribution in [0.3, 0.4) is 0 Å². The Morgan fingerprint density at radius 2 is 1.32 bits per heavy atom. The van der Waals surface area contributed by atoms with E-state index in [0.29, 0.717) is 18.4 Å². The van der Waals surface area contributed by atoms with Gasteiger partial charge in [0.2, 0.25) is 0 Å². The van der Waals surface area contributed by atoms with Crippen molar-refractivity contribution in [2.45, 2.75) is 45.1 Å². The van der Waals surface area contributed by atoms with Gasteiger partial charge in [-0.3, -0.25) is 9.59 Å². The third kappa shape index (κ3) is 4.00. The molecule has 7 nitrogen and oxygen atoms in total. The molecule has 3 aromatic carbocycles. The smallest absolute Gasteiger partial charge is 0.340 e. The fourth-order valence-electron chi connectivity index (χ4n) is 4.58. The zero-order chi connectivity index (χ0) is 26.3. The van der Waals surface area contributed by atoms with Crippen LogP contribution < -0.4 is 14.2 Å². The van der Waals surface area contributed by atoms with Crippen molar-refractivity contribution in [1.29, 1.82) is 0 Å². The number of benzene rings is 3. The molecular formula is C28H22F2O7. The monoisotopic (exact) mass is 508 g/mol. The number of hydrogen-bond donors (Lipinski definition) is 0. The Labute approximate surface area is 210 Å². The van der Waals surface area contributed by atoms with Crippen molar-refractivity contribution in [1.82, 2.24) is 0 Å². The van der Waals surface area contributed by atoms with Crippen LogP contribution in [0.25, 0.3) is 0 Å². The molecule has 3 aromatic rings. The van der Waals surface area contributed by atoms with Gasteiger partial charge in [-0.25, -0.2) is 13.6 Å². The minimum atomic E-state index is -1.75. The SMILES string of the molecule is CCCC(=O)Oc1cc2c(cc1F)C1(OC(=O)c3ccccc31)c1cc(F)c(OC(=O)CCC)cc1O2. The van der Waals surface area contributed by atoms with Gasteiger partial charge in [0, 0.05) is 30.5 Å². The Hall–Kier alpha value is -4.27. The number of carbonyl (C=O) groups is 3. The van der Waals surface area contributed by atoms with Crippen LogP contribution in [0, 0.1) is 11.6 Å². The third-order valence-electron chi connectivity index (χ3n) is 6.17. The second-order valence-electron chi connectivity index (χ2n) is 8.72. The van der Waals surface area contributed by atoms with E-state index in [0.717, 1.165) is 12.1 Å². The molecule has 0 aromatic heterocycles. The van der Waals surface area contributed by atoms with Gasteiger partial charge in [0.15, 0.2) is 28.7 Å². The molecule has 190 valence electrons. The highest BCUT2D eigenvalue weighted by molar-refractivity contribution is 5.97. The maximum Gasteiger partial charge on any atom is 0.340 e. The Morgan fingerprint density at radius 3 is 1.84 bits per heavy atom. The number of hydrogen-bond acceptors (Lipinski definition) is 7. The summed E-state index contributed by atoms with van der Waals surface area (Å²) in [7, 11) is 0. The van der Waals surface area contributed by atoms with Crippen LogP contribution in [0.5, 0.6) is 23.0 Å². The second kappa shape index (κ2) is 9.31. The normalized spacial score (nSPS) is 14.2. The van der Waals surface area contributed by atoms with Crippen LogP contribution in [-0.2, 0) is 19.9 Å². The van der Waals surface area contributed by atoms with Crippen molar-refractivity contribution in [2.24, 2.45) is 0 Å². The first-order valence-electron chi connectivity index (χ1n) is 11.9. The van der Waals surface area contributed by atoms with E-state index < -0.39 is 35.1 Å². The van der Waals surface area contributed by atoms with Crippen molar-refractivity contribution in [3.05, 3.63) is 82.4 Å². The van der Waals surface area contributed by atoms with Crippen molar-refractivity contribution >= 4 is 17.9 Å². The Bertz CT molecular complexity index is 1370. The summed E-state index contributed by atoms with van der Waals surface area (Å²) in [5.41, 5.74) is -1.01. The third-order valence-corrected chi connectivity index (χ3v) is 6.17. The molecule has 0 atom stereocenters. The molecule has 1 spiro atoms. The van der Waals surface area contributed by atoms with Crippen molar-refractivity contribution < 1.29 is 42.1 Å². The topological polar surface area (TPSA) is 88.1 Å². The van der Waals surface area contributed by atoms with Crippen LogP contribution in [0.15, 0.2) is 48.5 Å². The standard InChI is InChI=1S/C28H22F2O7/c1-3-7-25(31)35-23-13-21-17(11-19(23)29)28(16-10-6-5-9-15(16)27(33)37-28)18-12-20(30)24(14-22(18)34-21)36-26(32)8-4-2/h5-6,9-14H,3-4,7-8H2,1-2H3. The van der Waals surface area contributed by atoms with E-state index >= 15 is 8.78 Å². The first kappa shape index (κ1) is 24.4. The zero-order valence-corrected chi connectivity index (χ0v) is 20.1. The van der Waals surface area contributed by atoms with E-state index in [9.17, 15) is 14.4 Å². The molecule has 37 heavy (non-hydrogen) atoms. The first-order valence-corrected chi connectivity index (χ1v) is 11.9. The zero-order valence-electron chi connectivity index (χ0n) is 20.1. The lowest BCUT2D eigenvalue weighted by Crippen LogP contribution is -2.33. The highest BCUT2D eigenvalue weighted by Gasteiger charge is 2.54. The van der Waals surface area contributed by atoms with Gasteiger partial charge in [0.05, 0.1) is 16.7 Å². The summed E-state index contributed by atoms with van der Waals surface area (Å²) in [6.45, 7) is 3.56. The number of esters is 3. The molecule has 9 heteroatoms. The lowest BCUT2D eigenvalue weighted by molar-refractivity contribution is -0.135. The number of fused-ring (bicyclic) bond motifs is 6. The van der Waals surface area contributed by atoms with Crippen LogP contribution in [0.1, 0.15) is 66.6 Å². The van der Waals surface area contributed by atoms with E-state index in [2.05, 4.69) is 0 Å². The summed E-state index contributed by atoms with van der Waals surface area (Å²) < 4.78 is 52.6. The van der Waals surface area contributed by atoms with Gasteiger partial charge in [-0.05, 0) is 31.0 Å². The molecule has 0 radical (unpaired) electrons. The summed E-state index contributed by atoms with van der Waals surface area (Å²) >= 11 is 0. The van der Waals surface area contributed by atoms with Crippen molar-refractivity contribution in [3.63, 3.8) is 0 Å². The summed E-state index contributed by atoms with van der Waals surface area (Å²) in [5, 5.41) is 0. The molecule has 0 unspecified atom stereocenters. The average molecular weight is 508 g/mol. The molecule has 0 saturated carbocycles. The quantitative estimate of drug-likeness (QED) is 0.301. The molecule has 2 heterocycles. The fraction of sp³-hybridized carbons (Fsp3) is 0.250. The van der Waals surface area contributed by atoms with Gasteiger partial charge in [-0.15, -0.1) is 0 Å². The predicted octanol–water partition coefficient (Wildman–Crippen LogP) is 5.94. The highest BCUT2D eigenvalue weighted by atomic mass is 19.1. The molecule has 0 bridgehead atoms. The minimum Gasteiger partial charge on any atom is -0.456 e. The molecule has 2 aliphatic heterocycles. The van der Waals surface area contributed by atoms with E-state index in [1.54, 1.807) is 38.1 Å². The number of ether oxygens (including phenoxy) is 4. The van der Waals surface area contributed by atoms with Gasteiger partial charge in [-0.1, -0.05) is 32.0 Å². The van der Waals surface area contributed by atoms with Gasteiger partial charge in [0.25, 0.3) is 0 Å². The van der Waals surface area contributed by atoms with Crippen LogP contribution in [0.4, 0.5) is 8.78 Å². The van der Waals surface area contributed by atoms with Gasteiger partial charge in [0.1, 0.15) is 11.5 Å². The van der Waals surface area contributed by atoms with Crippen LogP contribution in [0.2, 0.25) is 0 Å². The average Bonchev–Trinajstić information content (AvgIpc) is 3.15. The van der Waals surface area contributed by atoms with Gasteiger partial charge >= 0.3 is 17.9 Å². The molecular weight excluding hydrogens is 486 g/mol. The van der Waals surface area contributed by atoms with E-state index in [1.807, 2.05) is 0 Å². The summed E-state index contributed by atoms with van der Waals surface area (Å²) in [5.74, 6) is -4.41. The van der Waals surface area contributed by atoms with Crippen molar-refractivity contribution in [2.75, 3.05) is 0 Å². The highest BCUT2D eigenvalue weighted by Crippen LogP contribution is 2.57. The number of rotatable bonds is 6. The van der Waals surface area contributed by atoms with Gasteiger partial charge < -0.3 is 18.9 Å². The molecule has 0 N–H and O–H groups in total. The lowest BCUT2D eigenvalue weighted by Gasteiger charge is -2.36. The van der Waals surface area contributed by atoms with Crippen LogP contribution in [-0.4, -0.2) is 17.9 Å². The fourth-order valence-corrected chi connectivity index (χ4v) is 4.58. The molecule has 0 aliphatic carbocycles. The van der Waals surface area contributed by atoms with E-state index in [4.69, 9.17) is 18.9 Å². The summed E-state index contributed by atoms with van der Waals surface area (Å²) in [6.07, 6.45) is 1.19. The van der Waals surface area contributed by atoms with Gasteiger partial charge in [-0.2, -0.15) is 0 Å². The molecule has 0 saturated heterocycles. The maximum atomic E-state index is 15.2. The first-order chi connectivity index (χ1) is 17.8. The van der Waals surface area contributed by atoms with E-state index in [1.165, 1.54) is 12.1 Å². The second-order valence-corrected chi connectivity index (χ2v) is 8.72.